The van der Waals surface area contributed by atoms with Gasteiger partial charge in [-0.15, -0.1) is 0 Å². The third kappa shape index (κ3) is 3.49. The van der Waals surface area contributed by atoms with Crippen molar-refractivity contribution in [2.45, 2.75) is 19.9 Å². The summed E-state index contributed by atoms with van der Waals surface area (Å²) in [6.45, 7) is 2.96. The maximum Gasteiger partial charge on any atom is 0.227 e. The third-order valence-corrected chi connectivity index (χ3v) is 3.67. The van der Waals surface area contributed by atoms with Gasteiger partial charge in [0.15, 0.2) is 0 Å². The van der Waals surface area contributed by atoms with E-state index in [0.29, 0.717) is 22.4 Å². The monoisotopic (exact) mass is 342 g/mol. The van der Waals surface area contributed by atoms with Gasteiger partial charge in [0.05, 0.1) is 35.9 Å². The van der Waals surface area contributed by atoms with Crippen LogP contribution in [0.15, 0.2) is 36.8 Å². The smallest absolute Gasteiger partial charge is 0.227 e. The summed E-state index contributed by atoms with van der Waals surface area (Å²) in [5, 5.41) is 7.93. The standard InChI is InChI=1S/C17H17ClN5O/c1-3-8-23-11-12(9-20-23)16-13(18)10-19-17(22-16)21-14-6-4-5-7-15(14)24-2/h4,6-7,9-11H,3,8H2,1-2H3,(H,19,21,22). The second kappa shape index (κ2) is 7.31. The van der Waals surface area contributed by atoms with Gasteiger partial charge in [0, 0.05) is 18.3 Å². The van der Waals surface area contributed by atoms with Gasteiger partial charge in [-0.2, -0.15) is 5.10 Å². The summed E-state index contributed by atoms with van der Waals surface area (Å²) in [6.07, 6.45) is 6.27. The summed E-state index contributed by atoms with van der Waals surface area (Å²) in [7, 11) is 1.60. The number of aromatic nitrogens is 4. The Labute approximate surface area is 145 Å². The first kappa shape index (κ1) is 16.3. The summed E-state index contributed by atoms with van der Waals surface area (Å²) < 4.78 is 7.17. The minimum absolute atomic E-state index is 0.433. The number of aryl methyl sites for hydroxylation is 1. The molecule has 0 fully saturated rings. The summed E-state index contributed by atoms with van der Waals surface area (Å²) in [4.78, 5) is 8.74. The van der Waals surface area contributed by atoms with Gasteiger partial charge in [-0.3, -0.25) is 4.68 Å². The molecule has 1 radical (unpaired) electrons. The lowest BCUT2D eigenvalue weighted by atomic mass is 10.2. The van der Waals surface area contributed by atoms with E-state index >= 15 is 0 Å². The molecule has 0 aliphatic rings. The molecule has 3 rings (SSSR count). The Balaban J connectivity index is 1.91. The molecule has 0 aliphatic carbocycles. The molecule has 0 spiro atoms. The van der Waals surface area contributed by atoms with Crippen molar-refractivity contribution in [2.75, 3.05) is 12.4 Å². The number of halogens is 1. The number of hydrogen-bond donors (Lipinski definition) is 1. The molecule has 0 amide bonds. The van der Waals surface area contributed by atoms with Crippen LogP contribution < -0.4 is 10.1 Å². The van der Waals surface area contributed by atoms with Crippen molar-refractivity contribution in [2.24, 2.45) is 0 Å². The van der Waals surface area contributed by atoms with E-state index in [1.54, 1.807) is 31.6 Å². The first-order valence-corrected chi connectivity index (χ1v) is 7.95. The number of anilines is 2. The number of nitrogens with one attached hydrogen (secondary N) is 1. The molecule has 1 aromatic carbocycles. The molecule has 3 aromatic rings. The predicted octanol–water partition coefficient (Wildman–Crippen LogP) is 3.96. The lowest BCUT2D eigenvalue weighted by Crippen LogP contribution is -2.00. The molecule has 0 atom stereocenters. The molecule has 2 aromatic heterocycles. The molecule has 24 heavy (non-hydrogen) atoms. The predicted molar refractivity (Wildman–Crippen MR) is 93.7 cm³/mol. The summed E-state index contributed by atoms with van der Waals surface area (Å²) >= 11 is 6.26. The highest BCUT2D eigenvalue weighted by Gasteiger charge is 2.11. The zero-order valence-corrected chi connectivity index (χ0v) is 14.2. The molecule has 2 heterocycles. The number of ether oxygens (including phenoxy) is 1. The number of methoxy groups -OCH3 is 1. The SMILES string of the molecule is CCCn1cc(-c2nc(Nc3cc[c]cc3OC)ncc2Cl)cn1. The van der Waals surface area contributed by atoms with E-state index in [-0.39, 0.29) is 0 Å². The van der Waals surface area contributed by atoms with Gasteiger partial charge in [0.2, 0.25) is 5.95 Å². The molecule has 1 N–H and O–H groups in total. The largest absolute Gasteiger partial charge is 0.495 e. The van der Waals surface area contributed by atoms with Crippen LogP contribution in [0.5, 0.6) is 5.75 Å². The minimum atomic E-state index is 0.433. The zero-order chi connectivity index (χ0) is 16.9. The van der Waals surface area contributed by atoms with Gasteiger partial charge < -0.3 is 10.1 Å². The Kier molecular flexibility index (Phi) is 4.96. The number of benzene rings is 1. The summed E-state index contributed by atoms with van der Waals surface area (Å²) in [5.74, 6) is 1.09. The van der Waals surface area contributed by atoms with Crippen LogP contribution in [0.2, 0.25) is 5.02 Å². The van der Waals surface area contributed by atoms with Crippen molar-refractivity contribution in [3.63, 3.8) is 0 Å². The van der Waals surface area contributed by atoms with E-state index in [1.807, 2.05) is 16.9 Å². The van der Waals surface area contributed by atoms with Crippen LogP contribution in [0.3, 0.4) is 0 Å². The van der Waals surface area contributed by atoms with Gasteiger partial charge in [-0.25, -0.2) is 9.97 Å². The van der Waals surface area contributed by atoms with Crippen LogP contribution in [0.1, 0.15) is 13.3 Å². The fourth-order valence-corrected chi connectivity index (χ4v) is 2.47. The van der Waals surface area contributed by atoms with E-state index in [0.717, 1.165) is 24.2 Å². The van der Waals surface area contributed by atoms with Crippen LogP contribution in [0, 0.1) is 6.07 Å². The van der Waals surface area contributed by atoms with Gasteiger partial charge in [0.25, 0.3) is 0 Å². The topological polar surface area (TPSA) is 64.9 Å². The Morgan fingerprint density at radius 3 is 3.04 bits per heavy atom. The van der Waals surface area contributed by atoms with Crippen molar-refractivity contribution in [1.82, 2.24) is 19.7 Å². The molecule has 0 bridgehead atoms. The average Bonchev–Trinajstić information content (AvgIpc) is 3.06. The maximum atomic E-state index is 6.26. The normalized spacial score (nSPS) is 10.6. The highest BCUT2D eigenvalue weighted by atomic mass is 35.5. The van der Waals surface area contributed by atoms with Gasteiger partial charge >= 0.3 is 0 Å². The van der Waals surface area contributed by atoms with E-state index in [1.165, 1.54) is 0 Å². The summed E-state index contributed by atoms with van der Waals surface area (Å²) in [6, 6.07) is 8.34. The summed E-state index contributed by atoms with van der Waals surface area (Å²) in [5.41, 5.74) is 2.25. The molecule has 0 aliphatic heterocycles. The third-order valence-electron chi connectivity index (χ3n) is 3.40. The molecule has 0 saturated carbocycles. The Morgan fingerprint density at radius 2 is 2.25 bits per heavy atom. The molecule has 7 heteroatoms. The maximum absolute atomic E-state index is 6.26. The zero-order valence-electron chi connectivity index (χ0n) is 13.5. The second-order valence-electron chi connectivity index (χ2n) is 5.13. The fraction of sp³-hybridized carbons (Fsp3) is 0.235. The first-order valence-electron chi connectivity index (χ1n) is 7.57. The van der Waals surface area contributed by atoms with Crippen molar-refractivity contribution in [3.8, 4) is 17.0 Å². The molecule has 0 unspecified atom stereocenters. The number of rotatable bonds is 6. The molecule has 123 valence electrons. The molecular formula is C17H17ClN5O. The molecule has 0 saturated heterocycles. The van der Waals surface area contributed by atoms with Crippen LogP contribution >= 0.6 is 11.6 Å². The van der Waals surface area contributed by atoms with Crippen molar-refractivity contribution in [1.29, 1.82) is 0 Å². The molecule has 6 nitrogen and oxygen atoms in total. The Bertz CT molecular complexity index is 833. The number of nitrogens with zero attached hydrogens (tertiary/aromatic N) is 4. The average molecular weight is 343 g/mol. The van der Waals surface area contributed by atoms with E-state index in [4.69, 9.17) is 16.3 Å². The van der Waals surface area contributed by atoms with Crippen LogP contribution in [-0.2, 0) is 6.54 Å². The van der Waals surface area contributed by atoms with E-state index in [9.17, 15) is 0 Å². The fourth-order valence-electron chi connectivity index (χ4n) is 2.27. The van der Waals surface area contributed by atoms with Crippen LogP contribution in [0.4, 0.5) is 11.6 Å². The van der Waals surface area contributed by atoms with E-state index in [2.05, 4.69) is 33.4 Å². The second-order valence-corrected chi connectivity index (χ2v) is 5.54. The van der Waals surface area contributed by atoms with Gasteiger partial charge in [-0.1, -0.05) is 24.6 Å². The van der Waals surface area contributed by atoms with Gasteiger partial charge in [-0.05, 0) is 24.6 Å². The van der Waals surface area contributed by atoms with Crippen molar-refractivity contribution in [3.05, 3.63) is 47.9 Å². The van der Waals surface area contributed by atoms with Crippen LogP contribution in [0.25, 0.3) is 11.3 Å². The van der Waals surface area contributed by atoms with Crippen molar-refractivity contribution < 1.29 is 4.74 Å². The van der Waals surface area contributed by atoms with Crippen LogP contribution in [-0.4, -0.2) is 26.9 Å². The Hall–Kier alpha value is -2.60. The quantitative estimate of drug-likeness (QED) is 0.734. The van der Waals surface area contributed by atoms with E-state index < -0.39 is 0 Å². The van der Waals surface area contributed by atoms with Crippen molar-refractivity contribution >= 4 is 23.2 Å². The highest BCUT2D eigenvalue weighted by Crippen LogP contribution is 2.29. The lowest BCUT2D eigenvalue weighted by Gasteiger charge is -2.10. The molecular weight excluding hydrogens is 326 g/mol. The van der Waals surface area contributed by atoms with Gasteiger partial charge in [0.1, 0.15) is 5.75 Å². The first-order chi connectivity index (χ1) is 11.7. The number of hydrogen-bond acceptors (Lipinski definition) is 5. The Morgan fingerprint density at radius 1 is 1.38 bits per heavy atom. The lowest BCUT2D eigenvalue weighted by molar-refractivity contribution is 0.416. The highest BCUT2D eigenvalue weighted by molar-refractivity contribution is 6.32. The minimum Gasteiger partial charge on any atom is -0.495 e.